The molecule has 0 aliphatic carbocycles. The predicted molar refractivity (Wildman–Crippen MR) is 90.8 cm³/mol. The summed E-state index contributed by atoms with van der Waals surface area (Å²) in [6, 6.07) is 0. The zero-order valence-electron chi connectivity index (χ0n) is 14.7. The van der Waals surface area contributed by atoms with Crippen LogP contribution in [0.4, 0.5) is 4.79 Å². The molecule has 2 saturated heterocycles. The Bertz CT molecular complexity index is 505. The third-order valence-electron chi connectivity index (χ3n) is 3.73. The van der Waals surface area contributed by atoms with Crippen molar-refractivity contribution in [1.29, 1.82) is 0 Å². The highest BCUT2D eigenvalue weighted by Gasteiger charge is 2.35. The van der Waals surface area contributed by atoms with Gasteiger partial charge in [-0.3, -0.25) is 9.59 Å². The molecule has 0 bridgehead atoms. The van der Waals surface area contributed by atoms with Crippen molar-refractivity contribution in [1.82, 2.24) is 9.80 Å². The zero-order chi connectivity index (χ0) is 17.9. The first-order chi connectivity index (χ1) is 11.1. The summed E-state index contributed by atoms with van der Waals surface area (Å²) in [5.41, 5.74) is -0.535. The topological polar surface area (TPSA) is 76.2 Å². The van der Waals surface area contributed by atoms with Crippen LogP contribution in [-0.2, 0) is 19.1 Å². The van der Waals surface area contributed by atoms with Crippen LogP contribution in [-0.4, -0.2) is 76.7 Å². The molecule has 2 heterocycles. The van der Waals surface area contributed by atoms with E-state index >= 15 is 0 Å². The quantitative estimate of drug-likeness (QED) is 0.761. The van der Waals surface area contributed by atoms with Crippen molar-refractivity contribution < 1.29 is 23.9 Å². The van der Waals surface area contributed by atoms with Crippen LogP contribution in [0.3, 0.4) is 0 Å². The van der Waals surface area contributed by atoms with Gasteiger partial charge in [-0.25, -0.2) is 4.79 Å². The van der Waals surface area contributed by atoms with E-state index < -0.39 is 5.60 Å². The van der Waals surface area contributed by atoms with Crippen LogP contribution in [0, 0.1) is 0 Å². The van der Waals surface area contributed by atoms with Crippen molar-refractivity contribution in [3.05, 3.63) is 0 Å². The molecular formula is C16H26N2O5S. The summed E-state index contributed by atoms with van der Waals surface area (Å²) in [5, 5.41) is 0.0419. The molecule has 136 valence electrons. The molecule has 0 radical (unpaired) electrons. The van der Waals surface area contributed by atoms with E-state index in [0.29, 0.717) is 39.2 Å². The van der Waals surface area contributed by atoms with Crippen LogP contribution in [0.5, 0.6) is 0 Å². The van der Waals surface area contributed by atoms with Crippen LogP contribution in [0.15, 0.2) is 0 Å². The minimum Gasteiger partial charge on any atom is -0.444 e. The summed E-state index contributed by atoms with van der Waals surface area (Å²) in [6.45, 7) is 9.32. The summed E-state index contributed by atoms with van der Waals surface area (Å²) in [5.74, 6) is 0.0340. The molecule has 8 heteroatoms. The highest BCUT2D eigenvalue weighted by atomic mass is 32.2. The number of likely N-dealkylation sites (tertiary alicyclic amines) is 1. The van der Waals surface area contributed by atoms with Gasteiger partial charge >= 0.3 is 6.09 Å². The standard InChI is InChI=1S/C16H26N2O5S/c1-11(19)24-13-7-14(20)18(10-13)9-12-8-17(5-6-22-12)15(21)23-16(2,3)4/h12-13H,5-10H2,1-4H3/t12-,13?/m0/s1. The lowest BCUT2D eigenvalue weighted by molar-refractivity contribution is -0.130. The van der Waals surface area contributed by atoms with E-state index in [1.807, 2.05) is 20.8 Å². The molecule has 2 fully saturated rings. The maximum Gasteiger partial charge on any atom is 0.410 e. The Balaban J connectivity index is 1.86. The lowest BCUT2D eigenvalue weighted by Gasteiger charge is -2.35. The third-order valence-corrected chi connectivity index (χ3v) is 4.71. The Morgan fingerprint density at radius 3 is 2.67 bits per heavy atom. The molecule has 0 saturated carbocycles. The molecular weight excluding hydrogens is 332 g/mol. The minimum atomic E-state index is -0.535. The fourth-order valence-corrected chi connectivity index (χ4v) is 3.74. The van der Waals surface area contributed by atoms with E-state index in [1.54, 1.807) is 9.80 Å². The second kappa shape index (κ2) is 7.74. The molecule has 2 amide bonds. The summed E-state index contributed by atoms with van der Waals surface area (Å²) < 4.78 is 11.1. The smallest absolute Gasteiger partial charge is 0.410 e. The molecule has 24 heavy (non-hydrogen) atoms. The highest BCUT2D eigenvalue weighted by Crippen LogP contribution is 2.25. The van der Waals surface area contributed by atoms with E-state index in [-0.39, 0.29) is 28.5 Å². The van der Waals surface area contributed by atoms with Crippen molar-refractivity contribution in [2.45, 2.75) is 51.1 Å². The van der Waals surface area contributed by atoms with Crippen LogP contribution in [0.1, 0.15) is 34.1 Å². The second-order valence-corrected chi connectivity index (χ2v) is 8.63. The molecule has 0 aromatic rings. The SMILES string of the molecule is CC(=O)SC1CC(=O)N(C[C@@H]2CN(C(=O)OC(C)(C)C)CCO2)C1. The van der Waals surface area contributed by atoms with Gasteiger partial charge in [-0.2, -0.15) is 0 Å². The second-order valence-electron chi connectivity index (χ2n) is 7.15. The predicted octanol–water partition coefficient (Wildman–Crippen LogP) is 1.50. The van der Waals surface area contributed by atoms with Gasteiger partial charge in [-0.1, -0.05) is 11.8 Å². The first kappa shape index (κ1) is 19.1. The fourth-order valence-electron chi connectivity index (χ4n) is 2.79. The molecule has 2 atom stereocenters. The number of morpholine rings is 1. The Morgan fingerprint density at radius 1 is 1.33 bits per heavy atom. The molecule has 7 nitrogen and oxygen atoms in total. The van der Waals surface area contributed by atoms with Crippen molar-refractivity contribution in [2.75, 3.05) is 32.8 Å². The van der Waals surface area contributed by atoms with Gasteiger partial charge < -0.3 is 19.3 Å². The maximum atomic E-state index is 12.2. The van der Waals surface area contributed by atoms with Gasteiger partial charge in [0.2, 0.25) is 5.91 Å². The van der Waals surface area contributed by atoms with Crippen LogP contribution in [0.2, 0.25) is 0 Å². The number of ether oxygens (including phenoxy) is 2. The zero-order valence-corrected chi connectivity index (χ0v) is 15.6. The lowest BCUT2D eigenvalue weighted by atomic mass is 10.2. The van der Waals surface area contributed by atoms with Crippen molar-refractivity contribution in [2.24, 2.45) is 0 Å². The van der Waals surface area contributed by atoms with Gasteiger partial charge in [-0.15, -0.1) is 0 Å². The summed E-state index contributed by atoms with van der Waals surface area (Å²) in [7, 11) is 0. The normalized spacial score (nSPS) is 25.1. The highest BCUT2D eigenvalue weighted by molar-refractivity contribution is 8.14. The van der Waals surface area contributed by atoms with Crippen molar-refractivity contribution in [3.8, 4) is 0 Å². The maximum absolute atomic E-state index is 12.2. The number of rotatable bonds is 3. The molecule has 2 aliphatic rings. The van der Waals surface area contributed by atoms with E-state index in [1.165, 1.54) is 18.7 Å². The van der Waals surface area contributed by atoms with E-state index in [9.17, 15) is 14.4 Å². The van der Waals surface area contributed by atoms with Gasteiger partial charge in [0.05, 0.1) is 19.3 Å². The Morgan fingerprint density at radius 2 is 2.04 bits per heavy atom. The number of thioether (sulfide) groups is 1. The molecule has 0 aromatic heterocycles. The lowest BCUT2D eigenvalue weighted by Crippen LogP contribution is -2.51. The van der Waals surface area contributed by atoms with Crippen LogP contribution < -0.4 is 0 Å². The monoisotopic (exact) mass is 358 g/mol. The summed E-state index contributed by atoms with van der Waals surface area (Å²) in [6.07, 6.45) is -0.197. The molecule has 1 unspecified atom stereocenters. The van der Waals surface area contributed by atoms with Crippen molar-refractivity contribution >= 4 is 28.9 Å². The minimum absolute atomic E-state index is 0.0144. The molecule has 0 N–H and O–H groups in total. The fraction of sp³-hybridized carbons (Fsp3) is 0.812. The van der Waals surface area contributed by atoms with Gasteiger partial charge in [0, 0.05) is 38.2 Å². The number of nitrogens with zero attached hydrogens (tertiary/aromatic N) is 2. The Hall–Kier alpha value is -1.28. The summed E-state index contributed by atoms with van der Waals surface area (Å²) >= 11 is 1.22. The number of hydrogen-bond donors (Lipinski definition) is 0. The Labute approximate surface area is 147 Å². The van der Waals surface area contributed by atoms with E-state index in [2.05, 4.69) is 0 Å². The molecule has 0 aromatic carbocycles. The number of amides is 2. The van der Waals surface area contributed by atoms with Gasteiger partial charge in [0.1, 0.15) is 5.60 Å². The Kier molecular flexibility index (Phi) is 6.14. The number of carbonyl (C=O) groups excluding carboxylic acids is 3. The van der Waals surface area contributed by atoms with Crippen molar-refractivity contribution in [3.63, 3.8) is 0 Å². The third kappa shape index (κ3) is 5.66. The van der Waals surface area contributed by atoms with Gasteiger partial charge in [0.25, 0.3) is 0 Å². The molecule has 2 rings (SSSR count). The van der Waals surface area contributed by atoms with Gasteiger partial charge in [0.15, 0.2) is 5.12 Å². The number of carbonyl (C=O) groups is 3. The largest absolute Gasteiger partial charge is 0.444 e. The first-order valence-electron chi connectivity index (χ1n) is 8.18. The average Bonchev–Trinajstić information content (AvgIpc) is 2.76. The van der Waals surface area contributed by atoms with E-state index in [0.717, 1.165) is 0 Å². The molecule has 2 aliphatic heterocycles. The van der Waals surface area contributed by atoms with Gasteiger partial charge in [-0.05, 0) is 20.8 Å². The van der Waals surface area contributed by atoms with E-state index in [4.69, 9.17) is 9.47 Å². The first-order valence-corrected chi connectivity index (χ1v) is 9.06. The number of hydrogen-bond acceptors (Lipinski definition) is 6. The van der Waals surface area contributed by atoms with Crippen LogP contribution >= 0.6 is 11.8 Å². The summed E-state index contributed by atoms with van der Waals surface area (Å²) in [4.78, 5) is 38.8. The molecule has 0 spiro atoms. The average molecular weight is 358 g/mol. The van der Waals surface area contributed by atoms with Crippen LogP contribution in [0.25, 0.3) is 0 Å².